The lowest BCUT2D eigenvalue weighted by atomic mass is 10.1. The van der Waals surface area contributed by atoms with E-state index in [9.17, 15) is 14.0 Å². The minimum Gasteiger partial charge on any atom is -0.341 e. The van der Waals surface area contributed by atoms with Gasteiger partial charge in [0.05, 0.1) is 6.42 Å². The molecule has 2 aromatic carbocycles. The molecule has 0 spiro atoms. The predicted molar refractivity (Wildman–Crippen MR) is 103 cm³/mol. The third-order valence-electron chi connectivity index (χ3n) is 4.46. The number of urea groups is 1. The van der Waals surface area contributed by atoms with Crippen molar-refractivity contribution in [3.05, 3.63) is 64.9 Å². The van der Waals surface area contributed by atoms with Crippen molar-refractivity contribution in [1.29, 1.82) is 0 Å². The van der Waals surface area contributed by atoms with Gasteiger partial charge in [-0.1, -0.05) is 29.8 Å². The number of benzene rings is 2. The van der Waals surface area contributed by atoms with Gasteiger partial charge in [-0.2, -0.15) is 0 Å². The van der Waals surface area contributed by atoms with E-state index in [0.29, 0.717) is 48.9 Å². The van der Waals surface area contributed by atoms with Crippen LogP contribution in [0, 0.1) is 5.82 Å². The number of hydrogen-bond donors (Lipinski definition) is 1. The lowest BCUT2D eigenvalue weighted by Crippen LogP contribution is -2.39. The number of halogens is 2. The molecule has 27 heavy (non-hydrogen) atoms. The summed E-state index contributed by atoms with van der Waals surface area (Å²) in [6.07, 6.45) is 0.852. The van der Waals surface area contributed by atoms with Gasteiger partial charge >= 0.3 is 6.03 Å². The SMILES string of the molecule is O=C(Cc1cccc(F)c1)N1CCCN(C(=O)Nc2cccc(Cl)c2)CC1. The maximum Gasteiger partial charge on any atom is 0.321 e. The first kappa shape index (κ1) is 19.2. The monoisotopic (exact) mass is 389 g/mol. The summed E-state index contributed by atoms with van der Waals surface area (Å²) >= 11 is 5.94. The molecule has 0 saturated carbocycles. The molecule has 0 unspecified atom stereocenters. The molecule has 0 radical (unpaired) electrons. The van der Waals surface area contributed by atoms with Crippen LogP contribution in [0.2, 0.25) is 5.02 Å². The number of nitrogens with zero attached hydrogens (tertiary/aromatic N) is 2. The van der Waals surface area contributed by atoms with E-state index < -0.39 is 0 Å². The molecule has 2 aromatic rings. The molecule has 1 aliphatic heterocycles. The van der Waals surface area contributed by atoms with Gasteiger partial charge in [0.15, 0.2) is 0 Å². The standard InChI is InChI=1S/C20H21ClFN3O2/c21-16-5-2-7-18(14-16)23-20(27)25-9-3-8-24(10-11-25)19(26)13-15-4-1-6-17(22)12-15/h1-2,4-7,12,14H,3,8-11,13H2,(H,23,27). The Kier molecular flexibility index (Phi) is 6.29. The number of carbonyl (C=O) groups is 2. The third kappa shape index (κ3) is 5.44. The van der Waals surface area contributed by atoms with Crippen LogP contribution >= 0.6 is 11.6 Å². The van der Waals surface area contributed by atoms with E-state index in [2.05, 4.69) is 5.32 Å². The Hall–Kier alpha value is -2.60. The summed E-state index contributed by atoms with van der Waals surface area (Å²) in [6, 6.07) is 12.8. The molecule has 7 heteroatoms. The van der Waals surface area contributed by atoms with Crippen molar-refractivity contribution in [3.8, 4) is 0 Å². The molecule has 3 amide bonds. The van der Waals surface area contributed by atoms with Crippen LogP contribution in [-0.4, -0.2) is 47.9 Å². The van der Waals surface area contributed by atoms with Crippen LogP contribution in [0.4, 0.5) is 14.9 Å². The van der Waals surface area contributed by atoms with E-state index in [-0.39, 0.29) is 24.2 Å². The largest absolute Gasteiger partial charge is 0.341 e. The number of carbonyl (C=O) groups excluding carboxylic acids is 2. The highest BCUT2D eigenvalue weighted by molar-refractivity contribution is 6.30. The van der Waals surface area contributed by atoms with Gasteiger partial charge < -0.3 is 15.1 Å². The van der Waals surface area contributed by atoms with Gasteiger partial charge in [0, 0.05) is 36.9 Å². The summed E-state index contributed by atoms with van der Waals surface area (Å²) < 4.78 is 13.3. The zero-order valence-corrected chi connectivity index (χ0v) is 15.6. The molecule has 1 fully saturated rings. The van der Waals surface area contributed by atoms with Crippen LogP contribution < -0.4 is 5.32 Å². The number of rotatable bonds is 3. The van der Waals surface area contributed by atoms with Gasteiger partial charge in [0.25, 0.3) is 0 Å². The molecule has 1 heterocycles. The van der Waals surface area contributed by atoms with E-state index in [1.165, 1.54) is 12.1 Å². The summed E-state index contributed by atoms with van der Waals surface area (Å²) in [7, 11) is 0. The number of amides is 3. The van der Waals surface area contributed by atoms with Crippen molar-refractivity contribution in [2.75, 3.05) is 31.5 Å². The summed E-state index contributed by atoms with van der Waals surface area (Å²) in [5, 5.41) is 3.38. The Morgan fingerprint density at radius 1 is 1.00 bits per heavy atom. The molecule has 0 aliphatic carbocycles. The Morgan fingerprint density at radius 2 is 1.74 bits per heavy atom. The fourth-order valence-corrected chi connectivity index (χ4v) is 3.26. The Labute approximate surface area is 162 Å². The average molecular weight is 390 g/mol. The molecule has 5 nitrogen and oxygen atoms in total. The highest BCUT2D eigenvalue weighted by Gasteiger charge is 2.22. The maximum atomic E-state index is 13.3. The Balaban J connectivity index is 1.55. The zero-order chi connectivity index (χ0) is 19.2. The van der Waals surface area contributed by atoms with E-state index in [1.807, 2.05) is 0 Å². The molecule has 1 saturated heterocycles. The van der Waals surface area contributed by atoms with E-state index in [1.54, 1.807) is 46.2 Å². The van der Waals surface area contributed by atoms with Crippen LogP contribution in [0.15, 0.2) is 48.5 Å². The third-order valence-corrected chi connectivity index (χ3v) is 4.69. The molecule has 1 N–H and O–H groups in total. The average Bonchev–Trinajstić information content (AvgIpc) is 2.88. The number of hydrogen-bond acceptors (Lipinski definition) is 2. The van der Waals surface area contributed by atoms with Crippen molar-refractivity contribution in [2.45, 2.75) is 12.8 Å². The molecule has 0 aromatic heterocycles. The summed E-state index contributed by atoms with van der Waals surface area (Å²) in [5.74, 6) is -0.405. The van der Waals surface area contributed by atoms with Crippen LogP contribution in [0.25, 0.3) is 0 Å². The minimum atomic E-state index is -0.347. The fraction of sp³-hybridized carbons (Fsp3) is 0.300. The fourth-order valence-electron chi connectivity index (χ4n) is 3.07. The van der Waals surface area contributed by atoms with Crippen molar-refractivity contribution in [1.82, 2.24) is 9.80 Å². The molecule has 0 atom stereocenters. The van der Waals surface area contributed by atoms with Crippen molar-refractivity contribution < 1.29 is 14.0 Å². The molecule has 1 aliphatic rings. The molecular formula is C20H21ClFN3O2. The molecular weight excluding hydrogens is 369 g/mol. The molecule has 142 valence electrons. The van der Waals surface area contributed by atoms with Crippen LogP contribution in [0.5, 0.6) is 0 Å². The Morgan fingerprint density at radius 3 is 2.52 bits per heavy atom. The lowest BCUT2D eigenvalue weighted by Gasteiger charge is -2.22. The summed E-state index contributed by atoms with van der Waals surface area (Å²) in [5.41, 5.74) is 1.29. The van der Waals surface area contributed by atoms with E-state index >= 15 is 0 Å². The van der Waals surface area contributed by atoms with E-state index in [0.717, 1.165) is 0 Å². The first-order chi connectivity index (χ1) is 13.0. The lowest BCUT2D eigenvalue weighted by molar-refractivity contribution is -0.130. The first-order valence-electron chi connectivity index (χ1n) is 8.85. The van der Waals surface area contributed by atoms with Gasteiger partial charge in [0.1, 0.15) is 5.82 Å². The van der Waals surface area contributed by atoms with Crippen LogP contribution in [-0.2, 0) is 11.2 Å². The minimum absolute atomic E-state index is 0.0577. The first-order valence-corrected chi connectivity index (χ1v) is 9.23. The second kappa shape index (κ2) is 8.86. The van der Waals surface area contributed by atoms with Crippen molar-refractivity contribution in [2.24, 2.45) is 0 Å². The van der Waals surface area contributed by atoms with Gasteiger partial charge in [-0.05, 0) is 42.3 Å². The van der Waals surface area contributed by atoms with Crippen molar-refractivity contribution >= 4 is 29.2 Å². The number of anilines is 1. The topological polar surface area (TPSA) is 52.7 Å². The zero-order valence-electron chi connectivity index (χ0n) is 14.8. The summed E-state index contributed by atoms with van der Waals surface area (Å²) in [6.45, 7) is 2.05. The van der Waals surface area contributed by atoms with Gasteiger partial charge in [-0.15, -0.1) is 0 Å². The predicted octanol–water partition coefficient (Wildman–Crippen LogP) is 3.79. The maximum absolute atomic E-state index is 13.3. The van der Waals surface area contributed by atoms with Gasteiger partial charge in [0.2, 0.25) is 5.91 Å². The van der Waals surface area contributed by atoms with Gasteiger partial charge in [-0.3, -0.25) is 4.79 Å². The van der Waals surface area contributed by atoms with Crippen LogP contribution in [0.3, 0.4) is 0 Å². The highest BCUT2D eigenvalue weighted by atomic mass is 35.5. The summed E-state index contributed by atoms with van der Waals surface area (Å²) in [4.78, 5) is 28.4. The second-order valence-corrected chi connectivity index (χ2v) is 6.91. The highest BCUT2D eigenvalue weighted by Crippen LogP contribution is 2.16. The number of nitrogens with one attached hydrogen (secondary N) is 1. The molecule has 0 bridgehead atoms. The second-order valence-electron chi connectivity index (χ2n) is 6.47. The van der Waals surface area contributed by atoms with Crippen LogP contribution in [0.1, 0.15) is 12.0 Å². The Bertz CT molecular complexity index is 763. The normalized spacial score (nSPS) is 14.6. The van der Waals surface area contributed by atoms with Crippen molar-refractivity contribution in [3.63, 3.8) is 0 Å². The molecule has 3 rings (SSSR count). The van der Waals surface area contributed by atoms with E-state index in [4.69, 9.17) is 11.6 Å². The van der Waals surface area contributed by atoms with Gasteiger partial charge in [-0.25, -0.2) is 9.18 Å². The quantitative estimate of drug-likeness (QED) is 0.868. The smallest absolute Gasteiger partial charge is 0.321 e.